The van der Waals surface area contributed by atoms with Crippen molar-refractivity contribution in [3.8, 4) is 6.07 Å². The van der Waals surface area contributed by atoms with Crippen LogP contribution in [0.1, 0.15) is 11.1 Å². The summed E-state index contributed by atoms with van der Waals surface area (Å²) in [4.78, 5) is 8.00. The average molecular weight is 225 g/mol. The zero-order valence-corrected chi connectivity index (χ0v) is 9.31. The van der Waals surface area contributed by atoms with Crippen LogP contribution in [0.3, 0.4) is 0 Å². The minimum Gasteiger partial charge on any atom is -0.382 e. The summed E-state index contributed by atoms with van der Waals surface area (Å²) in [5, 5.41) is 11.7. The number of nitrogens with one attached hydrogen (secondary N) is 1. The van der Waals surface area contributed by atoms with E-state index in [1.165, 1.54) is 11.8 Å². The van der Waals surface area contributed by atoms with Crippen molar-refractivity contribution in [3.05, 3.63) is 41.6 Å². The molecule has 5 heteroatoms. The van der Waals surface area contributed by atoms with Gasteiger partial charge in [-0.15, -0.1) is 0 Å². The maximum Gasteiger partial charge on any atom is 0.229 e. The van der Waals surface area contributed by atoms with Gasteiger partial charge in [0.25, 0.3) is 0 Å². The molecule has 1 aromatic carbocycles. The molecule has 3 N–H and O–H groups in total. The number of hydrogen-bond acceptors (Lipinski definition) is 5. The highest BCUT2D eigenvalue weighted by atomic mass is 15.1. The lowest BCUT2D eigenvalue weighted by molar-refractivity contribution is 1.16. The van der Waals surface area contributed by atoms with E-state index in [-0.39, 0.29) is 11.4 Å². The fourth-order valence-corrected chi connectivity index (χ4v) is 1.31. The highest BCUT2D eigenvalue weighted by Crippen LogP contribution is 2.15. The van der Waals surface area contributed by atoms with Gasteiger partial charge in [-0.05, 0) is 19.1 Å². The van der Waals surface area contributed by atoms with Crippen LogP contribution in [0.5, 0.6) is 0 Å². The minimum absolute atomic E-state index is 0.178. The van der Waals surface area contributed by atoms with Gasteiger partial charge in [-0.2, -0.15) is 10.2 Å². The van der Waals surface area contributed by atoms with Gasteiger partial charge >= 0.3 is 0 Å². The zero-order chi connectivity index (χ0) is 12.3. The van der Waals surface area contributed by atoms with Gasteiger partial charge in [0.1, 0.15) is 17.5 Å². The number of nitrogens with two attached hydrogens (primary N) is 1. The largest absolute Gasteiger partial charge is 0.382 e. The summed E-state index contributed by atoms with van der Waals surface area (Å²) in [6, 6.07) is 9.73. The molecule has 0 atom stereocenters. The first-order valence-corrected chi connectivity index (χ1v) is 5.05. The van der Waals surface area contributed by atoms with Gasteiger partial charge in [0.15, 0.2) is 0 Å². The molecule has 0 spiro atoms. The van der Waals surface area contributed by atoms with E-state index in [1.54, 1.807) is 0 Å². The second kappa shape index (κ2) is 4.49. The van der Waals surface area contributed by atoms with Gasteiger partial charge < -0.3 is 11.1 Å². The molecule has 1 aromatic heterocycles. The van der Waals surface area contributed by atoms with E-state index in [0.29, 0.717) is 5.95 Å². The van der Waals surface area contributed by atoms with Crippen molar-refractivity contribution in [2.24, 2.45) is 0 Å². The number of aryl methyl sites for hydroxylation is 1. The molecule has 84 valence electrons. The predicted octanol–water partition coefficient (Wildman–Crippen LogP) is 1.98. The van der Waals surface area contributed by atoms with Crippen molar-refractivity contribution < 1.29 is 0 Å². The molecule has 0 radical (unpaired) electrons. The number of nitrogen functional groups attached to an aromatic ring is 1. The van der Waals surface area contributed by atoms with E-state index < -0.39 is 0 Å². The van der Waals surface area contributed by atoms with Crippen LogP contribution in [0.4, 0.5) is 17.5 Å². The third-order valence-corrected chi connectivity index (χ3v) is 2.25. The maximum atomic E-state index is 8.70. The van der Waals surface area contributed by atoms with E-state index in [4.69, 9.17) is 11.0 Å². The minimum atomic E-state index is 0.178. The van der Waals surface area contributed by atoms with Gasteiger partial charge in [-0.1, -0.05) is 17.7 Å². The van der Waals surface area contributed by atoms with Crippen molar-refractivity contribution in [1.82, 2.24) is 9.97 Å². The molecule has 0 aliphatic carbocycles. The van der Waals surface area contributed by atoms with Crippen molar-refractivity contribution in [2.75, 3.05) is 11.1 Å². The molecule has 0 aliphatic heterocycles. The standard InChI is InChI=1S/C12H11N5/c1-8-2-4-10(5-3-8)16-12-15-7-9(6-13)11(14)17-12/h2-5,7H,1H3,(H3,14,15,16,17). The van der Waals surface area contributed by atoms with E-state index in [1.807, 2.05) is 37.3 Å². The van der Waals surface area contributed by atoms with Gasteiger partial charge in [0.05, 0.1) is 6.20 Å². The van der Waals surface area contributed by atoms with Crippen molar-refractivity contribution in [3.63, 3.8) is 0 Å². The quantitative estimate of drug-likeness (QED) is 0.815. The predicted molar refractivity (Wildman–Crippen MR) is 65.6 cm³/mol. The Bertz CT molecular complexity index is 568. The number of aromatic nitrogens is 2. The molecule has 0 bridgehead atoms. The van der Waals surface area contributed by atoms with Crippen LogP contribution in [0, 0.1) is 18.3 Å². The molecular formula is C12H11N5. The summed E-state index contributed by atoms with van der Waals surface area (Å²) in [7, 11) is 0. The number of hydrogen-bond donors (Lipinski definition) is 2. The molecule has 2 rings (SSSR count). The van der Waals surface area contributed by atoms with Crippen LogP contribution >= 0.6 is 0 Å². The first-order chi connectivity index (χ1) is 8.19. The highest BCUT2D eigenvalue weighted by Gasteiger charge is 2.03. The van der Waals surface area contributed by atoms with Crippen molar-refractivity contribution >= 4 is 17.5 Å². The van der Waals surface area contributed by atoms with Gasteiger partial charge in [-0.3, -0.25) is 0 Å². The van der Waals surface area contributed by atoms with Gasteiger partial charge in [-0.25, -0.2) is 4.98 Å². The summed E-state index contributed by atoms with van der Waals surface area (Å²) >= 11 is 0. The SMILES string of the molecule is Cc1ccc(Nc2ncc(C#N)c(N)n2)cc1. The average Bonchev–Trinajstić information content (AvgIpc) is 2.32. The summed E-state index contributed by atoms with van der Waals surface area (Å²) < 4.78 is 0. The number of anilines is 3. The van der Waals surface area contributed by atoms with Crippen LogP contribution in [0.2, 0.25) is 0 Å². The first kappa shape index (κ1) is 10.9. The smallest absolute Gasteiger partial charge is 0.229 e. The van der Waals surface area contributed by atoms with Gasteiger partial charge in [0.2, 0.25) is 5.95 Å². The molecule has 0 aliphatic rings. The molecule has 0 amide bonds. The van der Waals surface area contributed by atoms with E-state index in [2.05, 4.69) is 15.3 Å². The Morgan fingerprint density at radius 1 is 1.29 bits per heavy atom. The molecular weight excluding hydrogens is 214 g/mol. The molecule has 0 saturated heterocycles. The van der Waals surface area contributed by atoms with E-state index >= 15 is 0 Å². The third-order valence-electron chi connectivity index (χ3n) is 2.25. The van der Waals surface area contributed by atoms with Crippen LogP contribution in [-0.4, -0.2) is 9.97 Å². The number of nitrogens with zero attached hydrogens (tertiary/aromatic N) is 3. The lowest BCUT2D eigenvalue weighted by Gasteiger charge is -2.05. The van der Waals surface area contributed by atoms with Gasteiger partial charge in [0, 0.05) is 5.69 Å². The lowest BCUT2D eigenvalue weighted by atomic mass is 10.2. The third kappa shape index (κ3) is 2.49. The first-order valence-electron chi connectivity index (χ1n) is 5.05. The number of rotatable bonds is 2. The number of benzene rings is 1. The molecule has 5 nitrogen and oxygen atoms in total. The van der Waals surface area contributed by atoms with Crippen LogP contribution in [-0.2, 0) is 0 Å². The second-order valence-corrected chi connectivity index (χ2v) is 3.60. The summed E-state index contributed by atoms with van der Waals surface area (Å²) in [5.41, 5.74) is 7.92. The maximum absolute atomic E-state index is 8.70. The normalized spacial score (nSPS) is 9.65. The Hall–Kier alpha value is -2.61. The number of nitriles is 1. The summed E-state index contributed by atoms with van der Waals surface area (Å²) in [5.74, 6) is 0.558. The topological polar surface area (TPSA) is 87.6 Å². The molecule has 17 heavy (non-hydrogen) atoms. The van der Waals surface area contributed by atoms with Crippen molar-refractivity contribution in [2.45, 2.75) is 6.92 Å². The molecule has 0 unspecified atom stereocenters. The van der Waals surface area contributed by atoms with Crippen LogP contribution < -0.4 is 11.1 Å². The molecule has 0 fully saturated rings. The molecule has 0 saturated carbocycles. The Balaban J connectivity index is 2.22. The summed E-state index contributed by atoms with van der Waals surface area (Å²) in [6.45, 7) is 2.01. The summed E-state index contributed by atoms with van der Waals surface area (Å²) in [6.07, 6.45) is 1.40. The Morgan fingerprint density at radius 2 is 2.00 bits per heavy atom. The zero-order valence-electron chi connectivity index (χ0n) is 9.31. The molecule has 2 aromatic rings. The molecule has 1 heterocycles. The lowest BCUT2D eigenvalue weighted by Crippen LogP contribution is -2.02. The van der Waals surface area contributed by atoms with Crippen molar-refractivity contribution in [1.29, 1.82) is 5.26 Å². The fraction of sp³-hybridized carbons (Fsp3) is 0.0833. The van der Waals surface area contributed by atoms with Crippen LogP contribution in [0.15, 0.2) is 30.5 Å². The Kier molecular flexibility index (Phi) is 2.88. The monoisotopic (exact) mass is 225 g/mol. The Morgan fingerprint density at radius 3 is 2.59 bits per heavy atom. The highest BCUT2D eigenvalue weighted by molar-refractivity contribution is 5.57. The second-order valence-electron chi connectivity index (χ2n) is 3.60. The fourth-order valence-electron chi connectivity index (χ4n) is 1.31. The van der Waals surface area contributed by atoms with Crippen LogP contribution in [0.25, 0.3) is 0 Å². The van der Waals surface area contributed by atoms with E-state index in [0.717, 1.165) is 5.69 Å². The van der Waals surface area contributed by atoms with E-state index in [9.17, 15) is 0 Å². The Labute approximate surface area is 98.9 Å².